The molecule has 1 amide bonds. The predicted octanol–water partition coefficient (Wildman–Crippen LogP) is 0.816. The van der Waals surface area contributed by atoms with E-state index in [1.807, 2.05) is 30.3 Å². The fourth-order valence-corrected chi connectivity index (χ4v) is 2.86. The van der Waals surface area contributed by atoms with Crippen LogP contribution in [-0.2, 0) is 17.8 Å². The van der Waals surface area contributed by atoms with Crippen molar-refractivity contribution < 1.29 is 19.8 Å². The number of aromatic nitrogens is 4. The summed E-state index contributed by atoms with van der Waals surface area (Å²) >= 11 is 0. The molecule has 1 heterocycles. The van der Waals surface area contributed by atoms with Crippen LogP contribution >= 0.6 is 0 Å². The van der Waals surface area contributed by atoms with Gasteiger partial charge in [-0.15, -0.1) is 5.10 Å². The van der Waals surface area contributed by atoms with Gasteiger partial charge in [-0.25, -0.2) is 9.48 Å². The standard InChI is InChI=1S/C20H21N5O4/c1-13-22-23-24-25(13)12-15-7-9-16(10-8-15)19(27)21-17(18(26)20(28)29)11-14-5-3-2-4-6-14/h2-10,17-18,26H,11-12H2,1H3,(H,21,27)(H,28,29). The molecule has 3 aromatic rings. The van der Waals surface area contributed by atoms with Gasteiger partial charge in [0.1, 0.15) is 5.82 Å². The number of aliphatic hydroxyl groups excluding tert-OH is 1. The van der Waals surface area contributed by atoms with E-state index in [0.29, 0.717) is 17.9 Å². The van der Waals surface area contributed by atoms with Crippen molar-refractivity contribution >= 4 is 11.9 Å². The molecule has 3 rings (SSSR count). The van der Waals surface area contributed by atoms with Crippen LogP contribution in [0.4, 0.5) is 0 Å². The molecule has 0 radical (unpaired) electrons. The van der Waals surface area contributed by atoms with E-state index in [-0.39, 0.29) is 6.42 Å². The number of carbonyl (C=O) groups is 2. The molecule has 1 aromatic heterocycles. The largest absolute Gasteiger partial charge is 0.479 e. The van der Waals surface area contributed by atoms with Gasteiger partial charge in [0.15, 0.2) is 6.10 Å². The molecule has 29 heavy (non-hydrogen) atoms. The van der Waals surface area contributed by atoms with Crippen LogP contribution in [0.2, 0.25) is 0 Å². The summed E-state index contributed by atoms with van der Waals surface area (Å²) in [6.07, 6.45) is -1.53. The Morgan fingerprint density at radius 3 is 2.34 bits per heavy atom. The second-order valence-corrected chi connectivity index (χ2v) is 6.63. The van der Waals surface area contributed by atoms with E-state index in [1.54, 1.807) is 35.9 Å². The summed E-state index contributed by atoms with van der Waals surface area (Å²) in [5.74, 6) is -1.17. The number of aliphatic hydroxyl groups is 1. The predicted molar refractivity (Wildman–Crippen MR) is 103 cm³/mol. The molecule has 9 heteroatoms. The molecular formula is C20H21N5O4. The number of amides is 1. The highest BCUT2D eigenvalue weighted by Crippen LogP contribution is 2.10. The summed E-state index contributed by atoms with van der Waals surface area (Å²) in [6, 6.07) is 14.9. The number of hydrogen-bond donors (Lipinski definition) is 3. The maximum absolute atomic E-state index is 12.6. The quantitative estimate of drug-likeness (QED) is 0.515. The highest BCUT2D eigenvalue weighted by atomic mass is 16.4. The third kappa shape index (κ3) is 5.23. The number of benzene rings is 2. The molecule has 2 aromatic carbocycles. The zero-order chi connectivity index (χ0) is 20.8. The van der Waals surface area contributed by atoms with E-state index in [0.717, 1.165) is 11.1 Å². The summed E-state index contributed by atoms with van der Waals surface area (Å²) in [5, 5.41) is 33.1. The van der Waals surface area contributed by atoms with Gasteiger partial charge in [0.25, 0.3) is 5.91 Å². The van der Waals surface area contributed by atoms with Crippen LogP contribution in [0.5, 0.6) is 0 Å². The fraction of sp³-hybridized carbons (Fsp3) is 0.250. The van der Waals surface area contributed by atoms with Gasteiger partial charge in [-0.3, -0.25) is 4.79 Å². The number of nitrogens with one attached hydrogen (secondary N) is 1. The molecule has 0 saturated carbocycles. The minimum Gasteiger partial charge on any atom is -0.479 e. The first-order chi connectivity index (χ1) is 13.9. The van der Waals surface area contributed by atoms with Crippen LogP contribution in [0, 0.1) is 6.92 Å². The number of aliphatic carboxylic acids is 1. The Balaban J connectivity index is 1.70. The van der Waals surface area contributed by atoms with Gasteiger partial charge in [0.05, 0.1) is 12.6 Å². The molecule has 9 nitrogen and oxygen atoms in total. The molecule has 3 N–H and O–H groups in total. The Bertz CT molecular complexity index is 972. The maximum atomic E-state index is 12.6. The molecule has 0 aliphatic carbocycles. The Hall–Kier alpha value is -3.59. The van der Waals surface area contributed by atoms with Crippen molar-refractivity contribution in [3.05, 3.63) is 77.1 Å². The normalized spacial score (nSPS) is 12.9. The molecule has 0 aliphatic rings. The van der Waals surface area contributed by atoms with Crippen LogP contribution in [0.1, 0.15) is 27.3 Å². The van der Waals surface area contributed by atoms with Gasteiger partial charge < -0.3 is 15.5 Å². The molecule has 0 saturated heterocycles. The first-order valence-corrected chi connectivity index (χ1v) is 9.01. The Morgan fingerprint density at radius 2 is 1.76 bits per heavy atom. The smallest absolute Gasteiger partial charge is 0.334 e. The number of rotatable bonds is 8. The van der Waals surface area contributed by atoms with Gasteiger partial charge in [0, 0.05) is 5.56 Å². The van der Waals surface area contributed by atoms with Crippen LogP contribution in [0.15, 0.2) is 54.6 Å². The van der Waals surface area contributed by atoms with Crippen LogP contribution in [-0.4, -0.2) is 54.4 Å². The topological polar surface area (TPSA) is 130 Å². The molecule has 150 valence electrons. The second kappa shape index (κ2) is 9.07. The molecular weight excluding hydrogens is 374 g/mol. The maximum Gasteiger partial charge on any atom is 0.334 e. The lowest BCUT2D eigenvalue weighted by Gasteiger charge is -2.21. The van der Waals surface area contributed by atoms with Crippen molar-refractivity contribution in [3.63, 3.8) is 0 Å². The molecule has 2 atom stereocenters. The van der Waals surface area contributed by atoms with Crippen molar-refractivity contribution in [2.24, 2.45) is 0 Å². The van der Waals surface area contributed by atoms with Gasteiger partial charge in [-0.1, -0.05) is 42.5 Å². The number of hydrogen-bond acceptors (Lipinski definition) is 6. The van der Waals surface area contributed by atoms with Crippen LogP contribution < -0.4 is 5.32 Å². The zero-order valence-corrected chi connectivity index (χ0v) is 15.8. The lowest BCUT2D eigenvalue weighted by molar-refractivity contribution is -0.148. The first-order valence-electron chi connectivity index (χ1n) is 9.01. The van der Waals surface area contributed by atoms with E-state index in [4.69, 9.17) is 0 Å². The molecule has 0 aliphatic heterocycles. The van der Waals surface area contributed by atoms with E-state index >= 15 is 0 Å². The van der Waals surface area contributed by atoms with E-state index < -0.39 is 24.0 Å². The number of carboxylic acids is 1. The van der Waals surface area contributed by atoms with Gasteiger partial charge in [-0.05, 0) is 47.0 Å². The number of nitrogens with zero attached hydrogens (tertiary/aromatic N) is 4. The Kier molecular flexibility index (Phi) is 6.30. The fourth-order valence-electron chi connectivity index (χ4n) is 2.86. The van der Waals surface area contributed by atoms with Crippen LogP contribution in [0.25, 0.3) is 0 Å². The SMILES string of the molecule is Cc1nnnn1Cc1ccc(C(=O)NC(Cc2ccccc2)C(O)C(=O)O)cc1. The van der Waals surface area contributed by atoms with E-state index in [1.165, 1.54) is 0 Å². The van der Waals surface area contributed by atoms with Crippen molar-refractivity contribution in [1.29, 1.82) is 0 Å². The average Bonchev–Trinajstić information content (AvgIpc) is 3.12. The summed E-state index contributed by atoms with van der Waals surface area (Å²) in [6.45, 7) is 2.26. The molecule has 0 spiro atoms. The highest BCUT2D eigenvalue weighted by molar-refractivity contribution is 5.94. The summed E-state index contributed by atoms with van der Waals surface area (Å²) < 4.78 is 1.63. The average molecular weight is 395 g/mol. The third-order valence-corrected chi connectivity index (χ3v) is 4.51. The molecule has 2 unspecified atom stereocenters. The minimum atomic E-state index is -1.72. The van der Waals surface area contributed by atoms with Crippen LogP contribution in [0.3, 0.4) is 0 Å². The number of carbonyl (C=O) groups excluding carboxylic acids is 1. The van der Waals surface area contributed by atoms with Gasteiger partial charge in [-0.2, -0.15) is 0 Å². The monoisotopic (exact) mass is 395 g/mol. The van der Waals surface area contributed by atoms with Gasteiger partial charge in [0.2, 0.25) is 0 Å². The second-order valence-electron chi connectivity index (χ2n) is 6.63. The minimum absolute atomic E-state index is 0.191. The van der Waals surface area contributed by atoms with E-state index in [9.17, 15) is 19.8 Å². The Labute approximate surface area is 167 Å². The summed E-state index contributed by atoms with van der Waals surface area (Å²) in [7, 11) is 0. The summed E-state index contributed by atoms with van der Waals surface area (Å²) in [5.41, 5.74) is 2.08. The Morgan fingerprint density at radius 1 is 1.07 bits per heavy atom. The lowest BCUT2D eigenvalue weighted by atomic mass is 10.0. The lowest BCUT2D eigenvalue weighted by Crippen LogP contribution is -2.48. The van der Waals surface area contributed by atoms with E-state index in [2.05, 4.69) is 20.8 Å². The van der Waals surface area contributed by atoms with Gasteiger partial charge >= 0.3 is 5.97 Å². The molecule has 0 bridgehead atoms. The number of aryl methyl sites for hydroxylation is 1. The molecule has 0 fully saturated rings. The number of carboxylic acid groups (broad SMARTS) is 1. The van der Waals surface area contributed by atoms with Crippen molar-refractivity contribution in [2.45, 2.75) is 32.0 Å². The van der Waals surface area contributed by atoms with Crippen molar-refractivity contribution in [2.75, 3.05) is 0 Å². The summed E-state index contributed by atoms with van der Waals surface area (Å²) in [4.78, 5) is 23.9. The third-order valence-electron chi connectivity index (χ3n) is 4.51. The van der Waals surface area contributed by atoms with Crippen molar-refractivity contribution in [3.8, 4) is 0 Å². The number of tetrazole rings is 1. The highest BCUT2D eigenvalue weighted by Gasteiger charge is 2.27. The first kappa shape index (κ1) is 20.2. The van der Waals surface area contributed by atoms with Crippen molar-refractivity contribution in [1.82, 2.24) is 25.5 Å². The zero-order valence-electron chi connectivity index (χ0n) is 15.8.